The van der Waals surface area contributed by atoms with Crippen molar-refractivity contribution in [1.82, 2.24) is 35.9 Å². The molecule has 16 heteroatoms. The number of nitrogens with one attached hydrogen (secondary N) is 5. The SMILES string of the molecule is NC(Cc1cnc[nH]1)C(=O)NC(Cc1cnc[nH]1)C(=O)NC(CC(=O)O)C(=O)NC(CO)C(=O)O. The van der Waals surface area contributed by atoms with Crippen LogP contribution in [0.2, 0.25) is 0 Å². The summed E-state index contributed by atoms with van der Waals surface area (Å²) in [5.41, 5.74) is 6.93. The van der Waals surface area contributed by atoms with Gasteiger partial charge in [-0.15, -0.1) is 0 Å². The molecule has 0 aromatic carbocycles. The summed E-state index contributed by atoms with van der Waals surface area (Å²) in [6.45, 7) is -0.957. The van der Waals surface area contributed by atoms with Crippen LogP contribution in [0.5, 0.6) is 0 Å². The van der Waals surface area contributed by atoms with Gasteiger partial charge in [-0.3, -0.25) is 19.2 Å². The molecule has 0 aliphatic rings. The van der Waals surface area contributed by atoms with E-state index in [1.807, 2.05) is 5.32 Å². The van der Waals surface area contributed by atoms with Crippen molar-refractivity contribution in [1.29, 1.82) is 0 Å². The van der Waals surface area contributed by atoms with Gasteiger partial charge in [-0.2, -0.15) is 0 Å². The van der Waals surface area contributed by atoms with Crippen molar-refractivity contribution >= 4 is 29.7 Å². The standard InChI is InChI=1S/C19H26N8O8/c20-11(1-9-4-21-7-23-9)16(31)25-12(2-10-5-22-8-24-10)17(32)26-13(3-15(29)30)18(33)27-14(6-28)19(34)35/h4-5,7-8,11-14,28H,1-3,6,20H2,(H,21,23)(H,22,24)(H,25,31)(H,26,32)(H,27,33)(H,29,30)(H,34,35). The van der Waals surface area contributed by atoms with E-state index in [-0.39, 0.29) is 12.8 Å². The average molecular weight is 494 g/mol. The highest BCUT2D eigenvalue weighted by Crippen LogP contribution is 2.04. The van der Waals surface area contributed by atoms with Gasteiger partial charge in [0.2, 0.25) is 17.7 Å². The van der Waals surface area contributed by atoms with Gasteiger partial charge in [-0.25, -0.2) is 14.8 Å². The molecule has 4 atom stereocenters. The minimum atomic E-state index is -1.71. The quantitative estimate of drug-likeness (QED) is 0.123. The van der Waals surface area contributed by atoms with Crippen LogP contribution in [0.4, 0.5) is 0 Å². The number of aliphatic hydroxyl groups is 1. The largest absolute Gasteiger partial charge is 0.481 e. The van der Waals surface area contributed by atoms with Crippen LogP contribution in [0, 0.1) is 0 Å². The van der Waals surface area contributed by atoms with E-state index >= 15 is 0 Å². The topological polar surface area (TPSA) is 266 Å². The number of hydrogen-bond acceptors (Lipinski definition) is 9. The zero-order valence-corrected chi connectivity index (χ0v) is 18.3. The van der Waals surface area contributed by atoms with Gasteiger partial charge in [0, 0.05) is 36.6 Å². The molecule has 35 heavy (non-hydrogen) atoms. The number of hydrogen-bond donors (Lipinski definition) is 9. The number of carboxylic acid groups (broad SMARTS) is 2. The molecule has 2 aromatic rings. The molecule has 0 radical (unpaired) electrons. The first kappa shape index (κ1) is 26.9. The highest BCUT2D eigenvalue weighted by molar-refractivity contribution is 5.95. The smallest absolute Gasteiger partial charge is 0.328 e. The second kappa shape index (κ2) is 12.8. The number of aliphatic hydroxyl groups excluding tert-OH is 1. The predicted molar refractivity (Wildman–Crippen MR) is 115 cm³/mol. The molecule has 0 fully saturated rings. The molecule has 0 aliphatic carbocycles. The zero-order chi connectivity index (χ0) is 26.0. The summed E-state index contributed by atoms with van der Waals surface area (Å²) >= 11 is 0. The number of nitrogens with two attached hydrogens (primary N) is 1. The van der Waals surface area contributed by atoms with Crippen LogP contribution in [0.25, 0.3) is 0 Å². The number of nitrogens with zero attached hydrogens (tertiary/aromatic N) is 2. The molecule has 0 aliphatic heterocycles. The number of carbonyl (C=O) groups excluding carboxylic acids is 3. The van der Waals surface area contributed by atoms with Crippen LogP contribution in [-0.4, -0.2) is 95.7 Å². The lowest BCUT2D eigenvalue weighted by Gasteiger charge is -2.24. The summed E-state index contributed by atoms with van der Waals surface area (Å²) < 4.78 is 0. The molecule has 4 unspecified atom stereocenters. The molecule has 2 heterocycles. The van der Waals surface area contributed by atoms with Crippen LogP contribution in [0.3, 0.4) is 0 Å². The van der Waals surface area contributed by atoms with E-state index < -0.39 is 66.9 Å². The summed E-state index contributed by atoms with van der Waals surface area (Å²) in [5.74, 6) is -5.80. The lowest BCUT2D eigenvalue weighted by atomic mass is 10.1. The Morgan fingerprint density at radius 3 is 1.83 bits per heavy atom. The van der Waals surface area contributed by atoms with E-state index in [1.54, 1.807) is 0 Å². The molecule has 3 amide bonds. The van der Waals surface area contributed by atoms with E-state index in [9.17, 15) is 24.0 Å². The number of aromatic amines is 2. The number of carbonyl (C=O) groups is 5. The number of H-pyrrole nitrogens is 2. The Bertz CT molecular complexity index is 1010. The van der Waals surface area contributed by atoms with E-state index in [2.05, 4.69) is 30.6 Å². The van der Waals surface area contributed by atoms with E-state index in [4.69, 9.17) is 21.1 Å². The van der Waals surface area contributed by atoms with Gasteiger partial charge in [0.25, 0.3) is 0 Å². The van der Waals surface area contributed by atoms with Crippen LogP contribution >= 0.6 is 0 Å². The van der Waals surface area contributed by atoms with Gasteiger partial charge in [0.05, 0.1) is 31.7 Å². The fourth-order valence-corrected chi connectivity index (χ4v) is 2.94. The van der Waals surface area contributed by atoms with Crippen molar-refractivity contribution in [3.8, 4) is 0 Å². The maximum atomic E-state index is 13.0. The lowest BCUT2D eigenvalue weighted by Crippen LogP contribution is -2.58. The lowest BCUT2D eigenvalue weighted by molar-refractivity contribution is -0.144. The summed E-state index contributed by atoms with van der Waals surface area (Å²) in [6, 6.07) is -5.77. The normalized spacial score (nSPS) is 14.2. The van der Waals surface area contributed by atoms with Crippen LogP contribution in [0.1, 0.15) is 17.8 Å². The van der Waals surface area contributed by atoms with Crippen LogP contribution in [0.15, 0.2) is 25.0 Å². The van der Waals surface area contributed by atoms with Crippen LogP contribution < -0.4 is 21.7 Å². The second-order valence-electron chi connectivity index (χ2n) is 7.47. The van der Waals surface area contributed by atoms with E-state index in [0.717, 1.165) is 0 Å². The Labute approximate surface area is 197 Å². The van der Waals surface area contributed by atoms with Crippen LogP contribution in [-0.2, 0) is 36.8 Å². The molecule has 0 saturated carbocycles. The third-order valence-corrected chi connectivity index (χ3v) is 4.75. The van der Waals surface area contributed by atoms with E-state index in [0.29, 0.717) is 11.4 Å². The van der Waals surface area contributed by atoms with Gasteiger partial charge in [0.1, 0.15) is 18.1 Å². The van der Waals surface area contributed by atoms with E-state index in [1.165, 1.54) is 25.0 Å². The van der Waals surface area contributed by atoms with Gasteiger partial charge < -0.3 is 47.0 Å². The predicted octanol–water partition coefficient (Wildman–Crippen LogP) is -3.75. The number of rotatable bonds is 14. The highest BCUT2D eigenvalue weighted by Gasteiger charge is 2.31. The van der Waals surface area contributed by atoms with Crippen molar-refractivity contribution in [3.63, 3.8) is 0 Å². The molecule has 2 rings (SSSR count). The molecule has 190 valence electrons. The number of aliphatic carboxylic acids is 2. The average Bonchev–Trinajstić information content (AvgIpc) is 3.50. The fraction of sp³-hybridized carbons (Fsp3) is 0.421. The van der Waals surface area contributed by atoms with Crippen molar-refractivity contribution in [2.75, 3.05) is 6.61 Å². The van der Waals surface area contributed by atoms with Crippen molar-refractivity contribution in [2.24, 2.45) is 5.73 Å². The zero-order valence-electron chi connectivity index (χ0n) is 18.3. The third-order valence-electron chi connectivity index (χ3n) is 4.75. The van der Waals surface area contributed by atoms with Crippen molar-refractivity contribution in [3.05, 3.63) is 36.4 Å². The molecule has 16 nitrogen and oxygen atoms in total. The maximum absolute atomic E-state index is 13.0. The molecule has 0 bridgehead atoms. The molecular weight excluding hydrogens is 468 g/mol. The van der Waals surface area contributed by atoms with Crippen molar-refractivity contribution in [2.45, 2.75) is 43.4 Å². The third kappa shape index (κ3) is 8.52. The summed E-state index contributed by atoms with van der Waals surface area (Å²) in [7, 11) is 0. The minimum absolute atomic E-state index is 0.0893. The first-order valence-electron chi connectivity index (χ1n) is 10.3. The van der Waals surface area contributed by atoms with Crippen molar-refractivity contribution < 1.29 is 39.3 Å². The Morgan fingerprint density at radius 1 is 0.829 bits per heavy atom. The highest BCUT2D eigenvalue weighted by atomic mass is 16.4. The monoisotopic (exact) mass is 494 g/mol. The summed E-state index contributed by atoms with van der Waals surface area (Å²) in [4.78, 5) is 73.5. The summed E-state index contributed by atoms with van der Waals surface area (Å²) in [5, 5.41) is 33.8. The first-order valence-corrected chi connectivity index (χ1v) is 10.3. The first-order chi connectivity index (χ1) is 16.6. The number of carboxylic acids is 2. The molecule has 2 aromatic heterocycles. The molecule has 10 N–H and O–H groups in total. The Morgan fingerprint density at radius 2 is 1.34 bits per heavy atom. The summed E-state index contributed by atoms with van der Waals surface area (Å²) in [6.07, 6.45) is 4.73. The van der Waals surface area contributed by atoms with Gasteiger partial charge in [0.15, 0.2) is 0 Å². The Balaban J connectivity index is 2.15. The molecular formula is C19H26N8O8. The number of amides is 3. The fourth-order valence-electron chi connectivity index (χ4n) is 2.94. The van der Waals surface area contributed by atoms with Gasteiger partial charge in [-0.1, -0.05) is 0 Å². The molecule has 0 saturated heterocycles. The Kier molecular flexibility index (Phi) is 9.85. The Hall–Kier alpha value is -4.31. The van der Waals surface area contributed by atoms with Gasteiger partial charge in [-0.05, 0) is 0 Å². The van der Waals surface area contributed by atoms with Gasteiger partial charge >= 0.3 is 11.9 Å². The molecule has 0 spiro atoms. The second-order valence-corrected chi connectivity index (χ2v) is 7.47. The number of aromatic nitrogens is 4. The maximum Gasteiger partial charge on any atom is 0.328 e. The number of imidazole rings is 2. The minimum Gasteiger partial charge on any atom is -0.481 e.